The van der Waals surface area contributed by atoms with Crippen LogP contribution in [0.15, 0.2) is 47.3 Å². The number of carbonyl (C=O) groups excluding carboxylic acids is 1. The van der Waals surface area contributed by atoms with Crippen molar-refractivity contribution in [2.45, 2.75) is 38.8 Å². The Kier molecular flexibility index (Phi) is 5.98. The van der Waals surface area contributed by atoms with E-state index >= 15 is 0 Å². The van der Waals surface area contributed by atoms with Gasteiger partial charge in [0.1, 0.15) is 6.04 Å². The molecule has 1 atom stereocenters. The number of amides is 1. The number of nitrogens with one attached hydrogen (secondary N) is 1. The van der Waals surface area contributed by atoms with Crippen molar-refractivity contribution in [2.75, 3.05) is 6.61 Å². The molecule has 0 bridgehead atoms. The Labute approximate surface area is 146 Å². The van der Waals surface area contributed by atoms with E-state index in [-0.39, 0.29) is 18.6 Å². The zero-order valence-corrected chi connectivity index (χ0v) is 14.6. The molecule has 0 spiro atoms. The molecule has 25 heavy (non-hydrogen) atoms. The van der Waals surface area contributed by atoms with E-state index in [0.29, 0.717) is 5.56 Å². The molecule has 0 aliphatic rings. The van der Waals surface area contributed by atoms with Crippen molar-refractivity contribution in [3.63, 3.8) is 0 Å². The summed E-state index contributed by atoms with van der Waals surface area (Å²) in [6.07, 6.45) is 3.33. The molecule has 0 aliphatic heterocycles. The normalized spacial score (nSPS) is 12.6. The third-order valence-electron chi connectivity index (χ3n) is 3.52. The van der Waals surface area contributed by atoms with Gasteiger partial charge in [0.25, 0.3) is 5.91 Å². The van der Waals surface area contributed by atoms with Crippen molar-refractivity contribution in [1.29, 1.82) is 0 Å². The number of hydrogen-bond donors (Lipinski definition) is 2. The number of rotatable bonds is 7. The van der Waals surface area contributed by atoms with Crippen LogP contribution in [-0.2, 0) is 9.53 Å². The summed E-state index contributed by atoms with van der Waals surface area (Å²) in [7, 11) is 0. The van der Waals surface area contributed by atoms with Gasteiger partial charge >= 0.3 is 5.97 Å². The Morgan fingerprint density at radius 2 is 2.00 bits per heavy atom. The fourth-order valence-corrected chi connectivity index (χ4v) is 2.25. The molecule has 2 N–H and O–H groups in total. The minimum absolute atomic E-state index is 0.194. The highest BCUT2D eigenvalue weighted by Gasteiger charge is 2.22. The van der Waals surface area contributed by atoms with Gasteiger partial charge in [0.2, 0.25) is 0 Å². The van der Waals surface area contributed by atoms with E-state index in [2.05, 4.69) is 5.32 Å². The maximum Gasteiger partial charge on any atom is 0.326 e. The van der Waals surface area contributed by atoms with Crippen molar-refractivity contribution in [3.8, 4) is 11.1 Å². The monoisotopic (exact) mass is 345 g/mol. The van der Waals surface area contributed by atoms with E-state index in [1.165, 1.54) is 0 Å². The Morgan fingerprint density at radius 3 is 2.60 bits per heavy atom. The Hall–Kier alpha value is -2.60. The van der Waals surface area contributed by atoms with Gasteiger partial charge in [0.05, 0.1) is 18.1 Å². The molecule has 2 rings (SSSR count). The van der Waals surface area contributed by atoms with Crippen LogP contribution in [-0.4, -0.2) is 35.2 Å². The predicted molar refractivity (Wildman–Crippen MR) is 93.4 cm³/mol. The molecule has 1 unspecified atom stereocenters. The van der Waals surface area contributed by atoms with Crippen LogP contribution in [0.3, 0.4) is 0 Å². The number of ether oxygens (including phenoxy) is 1. The van der Waals surface area contributed by atoms with Crippen molar-refractivity contribution in [1.82, 2.24) is 5.32 Å². The summed E-state index contributed by atoms with van der Waals surface area (Å²) in [5, 5.41) is 11.9. The van der Waals surface area contributed by atoms with Crippen LogP contribution in [0.2, 0.25) is 0 Å². The van der Waals surface area contributed by atoms with Crippen LogP contribution in [0, 0.1) is 0 Å². The number of carboxylic acids is 1. The van der Waals surface area contributed by atoms with Gasteiger partial charge in [-0.2, -0.15) is 0 Å². The van der Waals surface area contributed by atoms with Crippen LogP contribution >= 0.6 is 0 Å². The third kappa shape index (κ3) is 5.76. The minimum atomic E-state index is -1.09. The average molecular weight is 345 g/mol. The van der Waals surface area contributed by atoms with Crippen LogP contribution in [0.1, 0.15) is 37.6 Å². The number of carbonyl (C=O) groups is 2. The molecule has 6 nitrogen and oxygen atoms in total. The first-order valence-corrected chi connectivity index (χ1v) is 8.06. The van der Waals surface area contributed by atoms with E-state index in [0.717, 1.165) is 11.1 Å². The molecule has 0 saturated carbocycles. The molecule has 2 aromatic rings. The molecule has 0 aliphatic carbocycles. The molecule has 134 valence electrons. The molecule has 1 heterocycles. The van der Waals surface area contributed by atoms with Crippen LogP contribution in [0.5, 0.6) is 0 Å². The van der Waals surface area contributed by atoms with Gasteiger partial charge in [-0.05, 0) is 44.5 Å². The van der Waals surface area contributed by atoms with Gasteiger partial charge in [-0.15, -0.1) is 0 Å². The summed E-state index contributed by atoms with van der Waals surface area (Å²) in [6, 6.07) is 7.73. The van der Waals surface area contributed by atoms with E-state index in [1.54, 1.807) is 36.8 Å². The minimum Gasteiger partial charge on any atom is -0.480 e. The zero-order chi connectivity index (χ0) is 18.4. The number of aliphatic carboxylic acids is 1. The first kappa shape index (κ1) is 18.7. The third-order valence-corrected chi connectivity index (χ3v) is 3.52. The van der Waals surface area contributed by atoms with Gasteiger partial charge in [0.15, 0.2) is 0 Å². The van der Waals surface area contributed by atoms with Gasteiger partial charge in [-0.1, -0.05) is 12.1 Å². The first-order valence-electron chi connectivity index (χ1n) is 8.06. The van der Waals surface area contributed by atoms with Crippen molar-refractivity contribution < 1.29 is 23.8 Å². The van der Waals surface area contributed by atoms with Gasteiger partial charge in [-0.25, -0.2) is 4.79 Å². The average Bonchev–Trinajstić information content (AvgIpc) is 3.07. The van der Waals surface area contributed by atoms with E-state index in [9.17, 15) is 14.7 Å². The molecule has 1 aromatic carbocycles. The van der Waals surface area contributed by atoms with Gasteiger partial charge in [0, 0.05) is 24.2 Å². The van der Waals surface area contributed by atoms with Gasteiger partial charge < -0.3 is 19.6 Å². The molecule has 1 aromatic heterocycles. The summed E-state index contributed by atoms with van der Waals surface area (Å²) in [5.74, 6) is -1.52. The smallest absolute Gasteiger partial charge is 0.326 e. The second kappa shape index (κ2) is 7.98. The first-order chi connectivity index (χ1) is 11.8. The van der Waals surface area contributed by atoms with E-state index < -0.39 is 17.9 Å². The van der Waals surface area contributed by atoms with E-state index in [1.807, 2.05) is 26.8 Å². The standard InChI is InChI=1S/C19H23NO5/c1-19(2,3)25-10-8-16(18(22)23)20-17(21)14-6-4-5-13(11-14)15-7-9-24-12-15/h4-7,9,11-12,16H,8,10H2,1-3H3,(H,20,21)(H,22,23). The largest absolute Gasteiger partial charge is 0.480 e. The number of benzene rings is 1. The lowest BCUT2D eigenvalue weighted by atomic mass is 10.1. The molecule has 0 fully saturated rings. The van der Waals surface area contributed by atoms with E-state index in [4.69, 9.17) is 9.15 Å². The highest BCUT2D eigenvalue weighted by Crippen LogP contribution is 2.20. The second-order valence-corrected chi connectivity index (χ2v) is 6.71. The number of hydrogen-bond acceptors (Lipinski definition) is 4. The van der Waals surface area contributed by atoms with Crippen molar-refractivity contribution in [2.24, 2.45) is 0 Å². The lowest BCUT2D eigenvalue weighted by Gasteiger charge is -2.21. The maximum atomic E-state index is 12.4. The fraction of sp³-hybridized carbons (Fsp3) is 0.368. The molecule has 1 amide bonds. The lowest BCUT2D eigenvalue weighted by molar-refractivity contribution is -0.140. The molecule has 6 heteroatoms. The molecular weight excluding hydrogens is 322 g/mol. The number of carboxylic acid groups (broad SMARTS) is 1. The topological polar surface area (TPSA) is 88.8 Å². The second-order valence-electron chi connectivity index (χ2n) is 6.71. The fourth-order valence-electron chi connectivity index (χ4n) is 2.25. The van der Waals surface area contributed by atoms with Crippen LogP contribution < -0.4 is 5.32 Å². The highest BCUT2D eigenvalue weighted by molar-refractivity contribution is 5.97. The Morgan fingerprint density at radius 1 is 1.24 bits per heavy atom. The molecular formula is C19H23NO5. The quantitative estimate of drug-likeness (QED) is 0.803. The predicted octanol–water partition coefficient (Wildman–Crippen LogP) is 3.33. The summed E-state index contributed by atoms with van der Waals surface area (Å²) < 4.78 is 10.6. The molecule has 0 radical (unpaired) electrons. The van der Waals surface area contributed by atoms with Crippen molar-refractivity contribution in [3.05, 3.63) is 48.4 Å². The number of furan rings is 1. The summed E-state index contributed by atoms with van der Waals surface area (Å²) in [5.41, 5.74) is 1.71. The Balaban J connectivity index is 2.03. The SMILES string of the molecule is CC(C)(C)OCCC(NC(=O)c1cccc(-c2ccoc2)c1)C(=O)O. The summed E-state index contributed by atoms with van der Waals surface area (Å²) in [6.45, 7) is 5.92. The van der Waals surface area contributed by atoms with Crippen LogP contribution in [0.25, 0.3) is 11.1 Å². The highest BCUT2D eigenvalue weighted by atomic mass is 16.5. The summed E-state index contributed by atoms with van der Waals surface area (Å²) in [4.78, 5) is 23.8. The van der Waals surface area contributed by atoms with Crippen LogP contribution in [0.4, 0.5) is 0 Å². The molecule has 0 saturated heterocycles. The van der Waals surface area contributed by atoms with Crippen molar-refractivity contribution >= 4 is 11.9 Å². The van der Waals surface area contributed by atoms with Gasteiger partial charge in [-0.3, -0.25) is 4.79 Å². The maximum absolute atomic E-state index is 12.4. The zero-order valence-electron chi connectivity index (χ0n) is 14.6. The Bertz CT molecular complexity index is 716. The lowest BCUT2D eigenvalue weighted by Crippen LogP contribution is -2.42. The summed E-state index contributed by atoms with van der Waals surface area (Å²) >= 11 is 0.